The van der Waals surface area contributed by atoms with Crippen molar-refractivity contribution in [2.45, 2.75) is 44.1 Å². The van der Waals surface area contributed by atoms with Gasteiger partial charge in [0.2, 0.25) is 0 Å². The van der Waals surface area contributed by atoms with Gasteiger partial charge in [-0.2, -0.15) is 0 Å². The van der Waals surface area contributed by atoms with Gasteiger partial charge in [0.05, 0.1) is 19.8 Å². The number of H-pyrrole nitrogens is 1. The van der Waals surface area contributed by atoms with Gasteiger partial charge >= 0.3 is 11.9 Å². The van der Waals surface area contributed by atoms with Crippen LogP contribution in [0.5, 0.6) is 11.5 Å². The highest BCUT2D eigenvalue weighted by Gasteiger charge is 2.38. The molecule has 3 saturated heterocycles. The summed E-state index contributed by atoms with van der Waals surface area (Å²) in [7, 11) is 3.07. The van der Waals surface area contributed by atoms with Gasteiger partial charge < -0.3 is 18.9 Å². The highest BCUT2D eigenvalue weighted by molar-refractivity contribution is 6.35. The van der Waals surface area contributed by atoms with Gasteiger partial charge in [0, 0.05) is 25.1 Å². The molecule has 0 saturated carbocycles. The monoisotopic (exact) mass is 722 g/mol. The highest BCUT2D eigenvalue weighted by Crippen LogP contribution is 2.36. The second kappa shape index (κ2) is 16.2. The van der Waals surface area contributed by atoms with Gasteiger partial charge in [-0.15, -0.1) is 0 Å². The lowest BCUT2D eigenvalue weighted by atomic mass is 9.86. The molecule has 262 valence electrons. The van der Waals surface area contributed by atoms with Crippen molar-refractivity contribution in [3.63, 3.8) is 0 Å². The summed E-state index contributed by atoms with van der Waals surface area (Å²) in [6.07, 6.45) is 4.46. The molecule has 0 spiro atoms. The van der Waals surface area contributed by atoms with Crippen LogP contribution in [0.1, 0.15) is 57.6 Å². The second-order valence-corrected chi connectivity index (χ2v) is 13.3. The zero-order chi connectivity index (χ0) is 35.2. The number of rotatable bonds is 13. The van der Waals surface area contributed by atoms with Crippen molar-refractivity contribution in [3.8, 4) is 11.5 Å². The quantitative estimate of drug-likeness (QED) is 0.155. The number of aromatic amines is 1. The number of benzene rings is 3. The Kier molecular flexibility index (Phi) is 11.5. The first-order valence-electron chi connectivity index (χ1n) is 16.5. The van der Waals surface area contributed by atoms with Crippen molar-refractivity contribution in [1.82, 2.24) is 10.2 Å². The molecular weight excluding hydrogens is 684 g/mol. The maximum absolute atomic E-state index is 13.8. The fourth-order valence-corrected chi connectivity index (χ4v) is 7.15. The Labute approximate surface area is 300 Å². The summed E-state index contributed by atoms with van der Waals surface area (Å²) < 4.78 is 36.9. The number of pyridine rings is 1. The van der Waals surface area contributed by atoms with Crippen LogP contribution in [0.3, 0.4) is 0 Å². The van der Waals surface area contributed by atoms with E-state index in [1.54, 1.807) is 68.0 Å². The number of ether oxygens (including phenoxy) is 4. The van der Waals surface area contributed by atoms with Crippen molar-refractivity contribution in [1.29, 1.82) is 0 Å². The molecule has 50 heavy (non-hydrogen) atoms. The van der Waals surface area contributed by atoms with Crippen LogP contribution in [0.15, 0.2) is 79.1 Å². The number of piperidine rings is 3. The van der Waals surface area contributed by atoms with Crippen LogP contribution in [-0.2, 0) is 27.2 Å². The molecule has 1 aromatic heterocycles. The lowest BCUT2D eigenvalue weighted by Gasteiger charge is -2.44. The zero-order valence-corrected chi connectivity index (χ0v) is 29.3. The minimum atomic E-state index is -0.839. The molecule has 4 aromatic rings. The Morgan fingerprint density at radius 1 is 0.940 bits per heavy atom. The van der Waals surface area contributed by atoms with Gasteiger partial charge in [0.1, 0.15) is 34.1 Å². The smallest absolute Gasteiger partial charge is 0.338 e. The van der Waals surface area contributed by atoms with Crippen LogP contribution >= 0.6 is 23.2 Å². The molecule has 12 heteroatoms. The van der Waals surface area contributed by atoms with E-state index in [2.05, 4.69) is 15.2 Å². The number of fused-ring (bicyclic) bond motifs is 3. The molecule has 3 atom stereocenters. The number of nitrogens with zero attached hydrogens (tertiary/aromatic N) is 1. The SMILES string of the molecule is COc1ccc([C@H](Cc2c(Cl)c[nH+]cc2Cl)OC(=O)c2cccc(CNC(C(=O)O[C@H]3CN4CCC3CC4)c3ccc(F)cc3)c2)cc1OC. The van der Waals surface area contributed by atoms with Crippen molar-refractivity contribution < 1.29 is 37.9 Å². The maximum Gasteiger partial charge on any atom is 0.338 e. The Bertz CT molecular complexity index is 1800. The second-order valence-electron chi connectivity index (χ2n) is 12.5. The summed E-state index contributed by atoms with van der Waals surface area (Å²) >= 11 is 13.0. The number of halogens is 3. The Balaban J connectivity index is 1.20. The number of carbonyl (C=O) groups is 2. The fraction of sp³-hybridized carbons (Fsp3) is 0.342. The first kappa shape index (κ1) is 35.6. The van der Waals surface area contributed by atoms with Crippen LogP contribution in [0.4, 0.5) is 4.39 Å². The summed E-state index contributed by atoms with van der Waals surface area (Å²) in [5, 5.41) is 4.08. The molecule has 0 radical (unpaired) electrons. The third-order valence-corrected chi connectivity index (χ3v) is 10.1. The molecule has 3 aliphatic heterocycles. The molecule has 7 rings (SSSR count). The molecule has 2 N–H and O–H groups in total. The van der Waals surface area contributed by atoms with Gasteiger partial charge in [-0.05, 0) is 84.9 Å². The van der Waals surface area contributed by atoms with E-state index in [4.69, 9.17) is 42.1 Å². The fourth-order valence-electron chi connectivity index (χ4n) is 6.62. The lowest BCUT2D eigenvalue weighted by molar-refractivity contribution is -0.377. The standard InChI is InChI=1S/C38H38Cl2FN3O6/c1-47-32-11-8-26(17-34(32)48-2)33(18-29-30(39)20-42-21-31(29)40)49-37(45)27-5-3-4-23(16-27)19-43-36(25-6-9-28(41)10-7-25)38(46)50-35-22-44-14-12-24(35)13-15-44/h3-11,16-17,20-21,24,33,35-36,43H,12-15,18-19,22H2,1-2H3/p+1/t33-,35-,36?/m0/s1. The Morgan fingerprint density at radius 3 is 2.30 bits per heavy atom. The number of carbonyl (C=O) groups excluding carboxylic acids is 2. The average molecular weight is 724 g/mol. The summed E-state index contributed by atoms with van der Waals surface area (Å²) in [4.78, 5) is 32.5. The minimum Gasteiger partial charge on any atom is -0.493 e. The number of hydrogen-bond acceptors (Lipinski definition) is 8. The first-order chi connectivity index (χ1) is 24.2. The van der Waals surface area contributed by atoms with Gasteiger partial charge in [-0.3, -0.25) is 10.2 Å². The summed E-state index contributed by atoms with van der Waals surface area (Å²) in [6.45, 7) is 3.00. The topological polar surface area (TPSA) is 100 Å². The largest absolute Gasteiger partial charge is 0.493 e. The molecule has 0 aliphatic carbocycles. The molecule has 3 aliphatic rings. The zero-order valence-electron chi connectivity index (χ0n) is 27.8. The summed E-state index contributed by atoms with van der Waals surface area (Å²) in [5.74, 6) is -0.0433. The molecule has 9 nitrogen and oxygen atoms in total. The van der Waals surface area contributed by atoms with Gasteiger partial charge in [0.15, 0.2) is 23.9 Å². The summed E-state index contributed by atoms with van der Waals surface area (Å²) in [6, 6.07) is 17.2. The van der Waals surface area contributed by atoms with E-state index < -0.39 is 29.9 Å². The van der Waals surface area contributed by atoms with Crippen LogP contribution in [-0.4, -0.2) is 56.8 Å². The predicted octanol–water partition coefficient (Wildman–Crippen LogP) is 6.57. The average Bonchev–Trinajstić information content (AvgIpc) is 3.13. The van der Waals surface area contributed by atoms with Gasteiger partial charge in [-0.25, -0.2) is 19.0 Å². The number of nitrogens with one attached hydrogen (secondary N) is 2. The van der Waals surface area contributed by atoms with E-state index in [1.807, 2.05) is 6.07 Å². The van der Waals surface area contributed by atoms with Crippen molar-refractivity contribution in [2.24, 2.45) is 5.92 Å². The first-order valence-corrected chi connectivity index (χ1v) is 17.3. The lowest BCUT2D eigenvalue weighted by Crippen LogP contribution is -2.52. The number of aromatic nitrogens is 1. The third-order valence-electron chi connectivity index (χ3n) is 9.39. The molecule has 0 amide bonds. The molecular formula is C38H39Cl2FN3O6+. The van der Waals surface area contributed by atoms with E-state index in [9.17, 15) is 14.0 Å². The van der Waals surface area contributed by atoms with E-state index >= 15 is 0 Å². The van der Waals surface area contributed by atoms with Crippen molar-refractivity contribution >= 4 is 35.1 Å². The number of methoxy groups -OCH3 is 2. The molecule has 1 unspecified atom stereocenters. The predicted molar refractivity (Wildman–Crippen MR) is 186 cm³/mol. The minimum absolute atomic E-state index is 0.176. The van der Waals surface area contributed by atoms with E-state index in [0.29, 0.717) is 49.7 Å². The van der Waals surface area contributed by atoms with Crippen molar-refractivity contribution in [3.05, 3.63) is 123 Å². The highest BCUT2D eigenvalue weighted by atomic mass is 35.5. The summed E-state index contributed by atoms with van der Waals surface area (Å²) in [5.41, 5.74) is 2.88. The Morgan fingerprint density at radius 2 is 1.64 bits per heavy atom. The molecule has 2 bridgehead atoms. The normalized spacial score (nSPS) is 19.3. The van der Waals surface area contributed by atoms with E-state index in [-0.39, 0.29) is 19.1 Å². The third kappa shape index (κ3) is 8.38. The van der Waals surface area contributed by atoms with Crippen molar-refractivity contribution in [2.75, 3.05) is 33.9 Å². The maximum atomic E-state index is 13.8. The number of esters is 2. The molecule has 4 heterocycles. The Hall–Kier alpha value is -4.22. The van der Waals surface area contributed by atoms with Gasteiger partial charge in [-0.1, -0.05) is 53.5 Å². The molecule has 3 fully saturated rings. The van der Waals surface area contributed by atoms with Crippen LogP contribution in [0.2, 0.25) is 10.0 Å². The van der Waals surface area contributed by atoms with E-state index in [0.717, 1.165) is 38.0 Å². The van der Waals surface area contributed by atoms with Crippen LogP contribution in [0.25, 0.3) is 0 Å². The molecule has 3 aromatic carbocycles. The van der Waals surface area contributed by atoms with Crippen LogP contribution in [0, 0.1) is 11.7 Å². The van der Waals surface area contributed by atoms with Gasteiger partial charge in [0.25, 0.3) is 0 Å². The number of hydrogen-bond donors (Lipinski definition) is 1. The van der Waals surface area contributed by atoms with E-state index in [1.165, 1.54) is 19.2 Å². The van der Waals surface area contributed by atoms with Crippen LogP contribution < -0.4 is 19.8 Å².